The molecule has 0 atom stereocenters. The first-order valence-electron chi connectivity index (χ1n) is 6.76. The smallest absolute Gasteiger partial charge is 0.0368 e. The maximum atomic E-state index is 5.74. The Kier molecular flexibility index (Phi) is 4.29. The van der Waals surface area contributed by atoms with Crippen molar-refractivity contribution in [1.29, 1.82) is 0 Å². The van der Waals surface area contributed by atoms with Gasteiger partial charge in [0.05, 0.1) is 0 Å². The molecule has 2 aromatic rings. The Labute approximate surface area is 132 Å². The van der Waals surface area contributed by atoms with Gasteiger partial charge in [0.25, 0.3) is 0 Å². The molecular formula is C15H18BrN3S. The number of piperazine rings is 1. The molecule has 1 aromatic heterocycles. The first kappa shape index (κ1) is 13.9. The van der Waals surface area contributed by atoms with Crippen molar-refractivity contribution in [3.05, 3.63) is 45.1 Å². The number of nitrogen functional groups attached to an aromatic ring is 1. The summed E-state index contributed by atoms with van der Waals surface area (Å²) in [7, 11) is 0. The average Bonchev–Trinajstić information content (AvgIpc) is 2.86. The Balaban J connectivity index is 1.55. The largest absolute Gasteiger partial charge is 0.399 e. The van der Waals surface area contributed by atoms with Crippen LogP contribution in [0.3, 0.4) is 0 Å². The zero-order chi connectivity index (χ0) is 13.9. The third-order valence-corrected chi connectivity index (χ3v) is 5.31. The van der Waals surface area contributed by atoms with Crippen molar-refractivity contribution in [2.75, 3.05) is 36.8 Å². The predicted octanol–water partition coefficient (Wildman–Crippen LogP) is 3.42. The van der Waals surface area contributed by atoms with Crippen molar-refractivity contribution in [3.63, 3.8) is 0 Å². The minimum Gasteiger partial charge on any atom is -0.399 e. The van der Waals surface area contributed by atoms with E-state index < -0.39 is 0 Å². The average molecular weight is 352 g/mol. The summed E-state index contributed by atoms with van der Waals surface area (Å²) in [5, 5.41) is 2.15. The maximum absolute atomic E-state index is 5.74. The van der Waals surface area contributed by atoms with E-state index in [0.29, 0.717) is 0 Å². The fourth-order valence-corrected chi connectivity index (χ4v) is 4.00. The normalized spacial score (nSPS) is 16.6. The second-order valence-corrected chi connectivity index (χ2v) is 7.00. The molecule has 0 spiro atoms. The van der Waals surface area contributed by atoms with Gasteiger partial charge in [0.15, 0.2) is 0 Å². The molecule has 1 aromatic carbocycles. The Bertz CT molecular complexity index is 559. The monoisotopic (exact) mass is 351 g/mol. The zero-order valence-corrected chi connectivity index (χ0v) is 13.7. The Morgan fingerprint density at radius 3 is 2.40 bits per heavy atom. The Morgan fingerprint density at radius 1 is 1.10 bits per heavy atom. The fraction of sp³-hybridized carbons (Fsp3) is 0.333. The van der Waals surface area contributed by atoms with E-state index in [2.05, 4.69) is 49.3 Å². The number of thiophene rings is 1. The summed E-state index contributed by atoms with van der Waals surface area (Å²) in [6.45, 7) is 5.44. The van der Waals surface area contributed by atoms with Crippen LogP contribution in [0.5, 0.6) is 0 Å². The van der Waals surface area contributed by atoms with E-state index in [1.54, 1.807) is 0 Å². The zero-order valence-electron chi connectivity index (χ0n) is 11.3. The van der Waals surface area contributed by atoms with Gasteiger partial charge < -0.3 is 10.6 Å². The second kappa shape index (κ2) is 6.16. The van der Waals surface area contributed by atoms with E-state index in [1.165, 1.54) is 15.0 Å². The fourth-order valence-electron chi connectivity index (χ4n) is 2.51. The van der Waals surface area contributed by atoms with Crippen LogP contribution in [-0.4, -0.2) is 31.1 Å². The lowest BCUT2D eigenvalue weighted by atomic mass is 10.2. The van der Waals surface area contributed by atoms with Crippen LogP contribution in [0, 0.1) is 0 Å². The third kappa shape index (κ3) is 3.34. The maximum Gasteiger partial charge on any atom is 0.0368 e. The van der Waals surface area contributed by atoms with Gasteiger partial charge in [-0.15, -0.1) is 11.3 Å². The van der Waals surface area contributed by atoms with E-state index in [1.807, 2.05) is 23.5 Å². The summed E-state index contributed by atoms with van der Waals surface area (Å²) in [5.74, 6) is 0. The molecule has 106 valence electrons. The van der Waals surface area contributed by atoms with Crippen LogP contribution < -0.4 is 10.6 Å². The van der Waals surface area contributed by atoms with Crippen molar-refractivity contribution >= 4 is 38.6 Å². The summed E-state index contributed by atoms with van der Waals surface area (Å²) in [6, 6.07) is 10.4. The van der Waals surface area contributed by atoms with Gasteiger partial charge in [0.2, 0.25) is 0 Å². The molecule has 3 nitrogen and oxygen atoms in total. The topological polar surface area (TPSA) is 32.5 Å². The van der Waals surface area contributed by atoms with Crippen molar-refractivity contribution < 1.29 is 0 Å². The van der Waals surface area contributed by atoms with Crippen LogP contribution in [0.15, 0.2) is 40.2 Å². The standard InChI is InChI=1S/C15H18BrN3S/c16-12-9-15(20-11-12)10-18-5-7-19(8-6-18)14-3-1-13(17)2-4-14/h1-4,9,11H,5-8,10,17H2. The summed E-state index contributed by atoms with van der Waals surface area (Å²) < 4.78 is 1.19. The molecule has 2 N–H and O–H groups in total. The number of nitrogens with zero attached hydrogens (tertiary/aromatic N) is 2. The number of nitrogens with two attached hydrogens (primary N) is 1. The van der Waals surface area contributed by atoms with E-state index in [9.17, 15) is 0 Å². The molecule has 3 rings (SSSR count). The number of anilines is 2. The number of hydrogen-bond acceptors (Lipinski definition) is 4. The molecule has 2 heterocycles. The molecule has 0 amide bonds. The molecular weight excluding hydrogens is 334 g/mol. The SMILES string of the molecule is Nc1ccc(N2CCN(Cc3cc(Br)cs3)CC2)cc1. The molecule has 0 saturated carbocycles. The summed E-state index contributed by atoms with van der Waals surface area (Å²) in [6.07, 6.45) is 0. The summed E-state index contributed by atoms with van der Waals surface area (Å²) >= 11 is 5.34. The molecule has 1 aliphatic heterocycles. The van der Waals surface area contributed by atoms with Gasteiger partial charge in [-0.2, -0.15) is 0 Å². The van der Waals surface area contributed by atoms with Crippen molar-refractivity contribution in [3.8, 4) is 0 Å². The first-order chi connectivity index (χ1) is 9.70. The summed E-state index contributed by atoms with van der Waals surface area (Å²) in [4.78, 5) is 6.38. The van der Waals surface area contributed by atoms with Crippen LogP contribution in [0.4, 0.5) is 11.4 Å². The van der Waals surface area contributed by atoms with Crippen molar-refractivity contribution in [1.82, 2.24) is 4.90 Å². The van der Waals surface area contributed by atoms with Crippen LogP contribution in [0.25, 0.3) is 0 Å². The number of rotatable bonds is 3. The first-order valence-corrected chi connectivity index (χ1v) is 8.44. The molecule has 0 radical (unpaired) electrons. The van der Waals surface area contributed by atoms with Crippen LogP contribution in [0.2, 0.25) is 0 Å². The molecule has 0 aliphatic carbocycles. The molecule has 0 unspecified atom stereocenters. The molecule has 20 heavy (non-hydrogen) atoms. The molecule has 1 saturated heterocycles. The highest BCUT2D eigenvalue weighted by molar-refractivity contribution is 9.10. The molecule has 5 heteroatoms. The number of hydrogen-bond donors (Lipinski definition) is 1. The van der Waals surface area contributed by atoms with Gasteiger partial charge in [0.1, 0.15) is 0 Å². The van der Waals surface area contributed by atoms with E-state index in [4.69, 9.17) is 5.73 Å². The van der Waals surface area contributed by atoms with Gasteiger partial charge in [-0.25, -0.2) is 0 Å². The van der Waals surface area contributed by atoms with Gasteiger partial charge in [-0.05, 0) is 46.3 Å². The van der Waals surface area contributed by atoms with Crippen molar-refractivity contribution in [2.45, 2.75) is 6.54 Å². The number of halogens is 1. The van der Waals surface area contributed by atoms with E-state index in [-0.39, 0.29) is 0 Å². The van der Waals surface area contributed by atoms with Crippen molar-refractivity contribution in [2.24, 2.45) is 0 Å². The lowest BCUT2D eigenvalue weighted by Gasteiger charge is -2.36. The third-order valence-electron chi connectivity index (χ3n) is 3.63. The van der Waals surface area contributed by atoms with E-state index in [0.717, 1.165) is 38.4 Å². The van der Waals surface area contributed by atoms with Gasteiger partial charge in [0, 0.05) is 58.8 Å². The van der Waals surface area contributed by atoms with Gasteiger partial charge >= 0.3 is 0 Å². The Hall–Kier alpha value is -1.04. The van der Waals surface area contributed by atoms with Gasteiger partial charge in [-0.1, -0.05) is 0 Å². The molecule has 0 bridgehead atoms. The quantitative estimate of drug-likeness (QED) is 0.860. The minimum absolute atomic E-state index is 0.829. The number of benzene rings is 1. The highest BCUT2D eigenvalue weighted by Crippen LogP contribution is 2.23. The molecule has 1 fully saturated rings. The Morgan fingerprint density at radius 2 is 1.80 bits per heavy atom. The van der Waals surface area contributed by atoms with Crippen LogP contribution >= 0.6 is 27.3 Å². The predicted molar refractivity (Wildman–Crippen MR) is 90.4 cm³/mol. The van der Waals surface area contributed by atoms with Crippen LogP contribution in [0.1, 0.15) is 4.88 Å². The summed E-state index contributed by atoms with van der Waals surface area (Å²) in [5.41, 5.74) is 7.84. The lowest BCUT2D eigenvalue weighted by molar-refractivity contribution is 0.252. The molecule has 1 aliphatic rings. The van der Waals surface area contributed by atoms with Crippen LogP contribution in [-0.2, 0) is 6.54 Å². The van der Waals surface area contributed by atoms with Gasteiger partial charge in [-0.3, -0.25) is 4.90 Å². The minimum atomic E-state index is 0.829. The highest BCUT2D eigenvalue weighted by atomic mass is 79.9. The second-order valence-electron chi connectivity index (χ2n) is 5.09. The lowest BCUT2D eigenvalue weighted by Crippen LogP contribution is -2.45. The van der Waals surface area contributed by atoms with E-state index >= 15 is 0 Å². The highest BCUT2D eigenvalue weighted by Gasteiger charge is 2.17.